The molecule has 0 saturated carbocycles. The molecule has 1 aliphatic heterocycles. The highest BCUT2D eigenvalue weighted by Crippen LogP contribution is 2.49. The summed E-state index contributed by atoms with van der Waals surface area (Å²) in [5.74, 6) is -2.42. The lowest BCUT2D eigenvalue weighted by atomic mass is 9.79. The van der Waals surface area contributed by atoms with Crippen LogP contribution in [-0.4, -0.2) is 67.3 Å². The van der Waals surface area contributed by atoms with E-state index < -0.39 is 17.7 Å². The average molecular weight is 408 g/mol. The van der Waals surface area contributed by atoms with E-state index in [4.69, 9.17) is 35.2 Å². The number of aliphatic hydroxyl groups is 1. The Labute approximate surface area is 169 Å². The molecule has 2 unspecified atom stereocenters. The normalized spacial score (nSPS) is 25.2. The Morgan fingerprint density at radius 1 is 1.17 bits per heavy atom. The van der Waals surface area contributed by atoms with Gasteiger partial charge < -0.3 is 40.3 Å². The van der Waals surface area contributed by atoms with Gasteiger partial charge in [0.2, 0.25) is 5.95 Å². The van der Waals surface area contributed by atoms with Crippen molar-refractivity contribution < 1.29 is 28.8 Å². The molecule has 0 amide bonds. The molecule has 0 radical (unpaired) electrons. The molecule has 160 valence electrons. The van der Waals surface area contributed by atoms with Crippen LogP contribution in [0, 0.1) is 0 Å². The Hall–Kier alpha value is -2.24. The number of ether oxygens (including phenoxy) is 5. The molecule has 0 spiro atoms. The van der Waals surface area contributed by atoms with Crippen molar-refractivity contribution in [3.8, 4) is 0 Å². The molecule has 2 atom stereocenters. The largest absolute Gasteiger partial charge is 0.489 e. The number of hydrogen-bond acceptors (Lipinski definition) is 10. The fourth-order valence-corrected chi connectivity index (χ4v) is 4.02. The second-order valence-electron chi connectivity index (χ2n) is 7.01. The van der Waals surface area contributed by atoms with Crippen molar-refractivity contribution in [3.05, 3.63) is 34.7 Å². The van der Waals surface area contributed by atoms with Crippen molar-refractivity contribution in [1.82, 2.24) is 9.97 Å². The third-order valence-electron chi connectivity index (χ3n) is 5.40. The molecular formula is C19H28N4O6. The van der Waals surface area contributed by atoms with Crippen LogP contribution in [0.1, 0.15) is 18.9 Å². The molecule has 1 aliphatic carbocycles. The standard InChI is InChI=1S/C19H28N4O6/c1-10-6-13(24)14-11(7-12-9-22-17(21)23-16(12)20)8-18(25-2,26-3)19(27-4,28-5)15(14)29-10/h8-10,13,24H,6-7H2,1-5H3,(H4,20,21,22,23). The maximum Gasteiger partial charge on any atom is 0.288 e. The minimum absolute atomic E-state index is 0.0829. The van der Waals surface area contributed by atoms with Crippen LogP contribution in [0.2, 0.25) is 0 Å². The summed E-state index contributed by atoms with van der Waals surface area (Å²) in [6.45, 7) is 1.86. The molecule has 5 N–H and O–H groups in total. The fraction of sp³-hybridized carbons (Fsp3) is 0.579. The molecule has 10 heteroatoms. The highest BCUT2D eigenvalue weighted by Gasteiger charge is 2.62. The van der Waals surface area contributed by atoms with Gasteiger partial charge in [0.25, 0.3) is 11.6 Å². The zero-order chi connectivity index (χ0) is 21.4. The van der Waals surface area contributed by atoms with Gasteiger partial charge in [0, 0.05) is 58.6 Å². The highest BCUT2D eigenvalue weighted by molar-refractivity contribution is 5.52. The van der Waals surface area contributed by atoms with Gasteiger partial charge in [0.15, 0.2) is 5.76 Å². The third-order valence-corrected chi connectivity index (χ3v) is 5.40. The molecule has 0 bridgehead atoms. The zero-order valence-corrected chi connectivity index (χ0v) is 17.3. The van der Waals surface area contributed by atoms with Crippen LogP contribution < -0.4 is 11.5 Å². The number of nitrogens with zero attached hydrogens (tertiary/aromatic N) is 2. The summed E-state index contributed by atoms with van der Waals surface area (Å²) in [7, 11) is 5.86. The van der Waals surface area contributed by atoms with E-state index >= 15 is 0 Å². The first-order valence-electron chi connectivity index (χ1n) is 9.16. The van der Waals surface area contributed by atoms with Gasteiger partial charge >= 0.3 is 0 Å². The van der Waals surface area contributed by atoms with Gasteiger partial charge in [-0.15, -0.1) is 0 Å². The minimum Gasteiger partial charge on any atom is -0.489 e. The van der Waals surface area contributed by atoms with Gasteiger partial charge in [0.05, 0.1) is 12.2 Å². The Kier molecular flexibility index (Phi) is 5.84. The SMILES string of the molecule is COC1(OC)C=C(Cc2cnc(N)nc2N)C2=C(OC(C)CC2O)C1(OC)OC. The van der Waals surface area contributed by atoms with Crippen LogP contribution in [0.5, 0.6) is 0 Å². The Bertz CT molecular complexity index is 832. The first-order chi connectivity index (χ1) is 13.8. The highest BCUT2D eigenvalue weighted by atomic mass is 16.8. The lowest BCUT2D eigenvalue weighted by Gasteiger charge is -2.50. The molecule has 0 saturated heterocycles. The summed E-state index contributed by atoms with van der Waals surface area (Å²) in [5, 5.41) is 10.9. The number of nitrogens with two attached hydrogens (primary N) is 2. The van der Waals surface area contributed by atoms with Gasteiger partial charge in [-0.1, -0.05) is 0 Å². The third kappa shape index (κ3) is 3.26. The van der Waals surface area contributed by atoms with Crippen LogP contribution in [0.15, 0.2) is 29.2 Å². The second-order valence-corrected chi connectivity index (χ2v) is 7.01. The van der Waals surface area contributed by atoms with Crippen molar-refractivity contribution in [1.29, 1.82) is 0 Å². The van der Waals surface area contributed by atoms with Gasteiger partial charge in [-0.2, -0.15) is 4.98 Å². The Morgan fingerprint density at radius 2 is 1.83 bits per heavy atom. The van der Waals surface area contributed by atoms with Crippen LogP contribution in [0.3, 0.4) is 0 Å². The molecule has 2 heterocycles. The molecular weight excluding hydrogens is 380 g/mol. The molecule has 1 aromatic rings. The average Bonchev–Trinajstić information content (AvgIpc) is 2.69. The van der Waals surface area contributed by atoms with E-state index in [9.17, 15) is 5.11 Å². The van der Waals surface area contributed by atoms with E-state index in [-0.39, 0.29) is 24.3 Å². The molecule has 1 aromatic heterocycles. The predicted octanol–water partition coefficient (Wildman–Crippen LogP) is 0.526. The fourth-order valence-electron chi connectivity index (χ4n) is 4.02. The van der Waals surface area contributed by atoms with Crippen molar-refractivity contribution >= 4 is 11.8 Å². The summed E-state index contributed by atoms with van der Waals surface area (Å²) in [5.41, 5.74) is 13.5. The second kappa shape index (κ2) is 7.88. The van der Waals surface area contributed by atoms with E-state index in [0.29, 0.717) is 28.9 Å². The van der Waals surface area contributed by atoms with Gasteiger partial charge in [-0.25, -0.2) is 4.98 Å². The van der Waals surface area contributed by atoms with E-state index in [1.807, 2.05) is 6.92 Å². The van der Waals surface area contributed by atoms with E-state index in [2.05, 4.69) is 9.97 Å². The van der Waals surface area contributed by atoms with E-state index in [0.717, 1.165) is 0 Å². The first-order valence-corrected chi connectivity index (χ1v) is 9.16. The molecule has 0 aromatic carbocycles. The summed E-state index contributed by atoms with van der Waals surface area (Å²) < 4.78 is 29.1. The van der Waals surface area contributed by atoms with Crippen LogP contribution in [0.25, 0.3) is 0 Å². The lowest BCUT2D eigenvalue weighted by molar-refractivity contribution is -0.364. The summed E-state index contributed by atoms with van der Waals surface area (Å²) >= 11 is 0. The molecule has 29 heavy (non-hydrogen) atoms. The quantitative estimate of drug-likeness (QED) is 0.570. The summed E-state index contributed by atoms with van der Waals surface area (Å²) in [6.07, 6.45) is 2.86. The topological polar surface area (TPSA) is 144 Å². The van der Waals surface area contributed by atoms with Gasteiger partial charge in [-0.3, -0.25) is 0 Å². The molecule has 3 rings (SSSR count). The van der Waals surface area contributed by atoms with E-state index in [1.54, 1.807) is 12.3 Å². The maximum atomic E-state index is 10.9. The number of anilines is 2. The number of hydrogen-bond donors (Lipinski definition) is 3. The molecule has 2 aliphatic rings. The Morgan fingerprint density at radius 3 is 2.38 bits per heavy atom. The van der Waals surface area contributed by atoms with Crippen LogP contribution in [-0.2, 0) is 30.1 Å². The van der Waals surface area contributed by atoms with Crippen molar-refractivity contribution in [3.63, 3.8) is 0 Å². The number of aliphatic hydroxyl groups excluding tert-OH is 1. The van der Waals surface area contributed by atoms with Gasteiger partial charge in [-0.05, 0) is 18.6 Å². The number of rotatable bonds is 6. The van der Waals surface area contributed by atoms with Crippen LogP contribution in [0.4, 0.5) is 11.8 Å². The minimum atomic E-state index is -1.56. The monoisotopic (exact) mass is 408 g/mol. The van der Waals surface area contributed by atoms with Crippen LogP contribution >= 0.6 is 0 Å². The molecule has 0 fully saturated rings. The van der Waals surface area contributed by atoms with E-state index in [1.165, 1.54) is 28.4 Å². The van der Waals surface area contributed by atoms with Crippen molar-refractivity contribution in [2.24, 2.45) is 0 Å². The number of nitrogen functional groups attached to an aromatic ring is 2. The number of methoxy groups -OCH3 is 4. The summed E-state index contributed by atoms with van der Waals surface area (Å²) in [6, 6.07) is 0. The predicted molar refractivity (Wildman–Crippen MR) is 104 cm³/mol. The molecule has 10 nitrogen and oxygen atoms in total. The lowest BCUT2D eigenvalue weighted by Crippen LogP contribution is -2.63. The number of aromatic nitrogens is 2. The van der Waals surface area contributed by atoms with Crippen molar-refractivity contribution in [2.75, 3.05) is 39.9 Å². The van der Waals surface area contributed by atoms with Gasteiger partial charge in [0.1, 0.15) is 5.82 Å². The first kappa shape index (κ1) is 21.5. The Balaban J connectivity index is 2.22. The summed E-state index contributed by atoms with van der Waals surface area (Å²) in [4.78, 5) is 8.02. The zero-order valence-electron chi connectivity index (χ0n) is 17.3. The smallest absolute Gasteiger partial charge is 0.288 e. The maximum absolute atomic E-state index is 10.9. The van der Waals surface area contributed by atoms with Crippen molar-refractivity contribution in [2.45, 2.75) is 43.5 Å².